The lowest BCUT2D eigenvalue weighted by atomic mass is 10.2. The van der Waals surface area contributed by atoms with Gasteiger partial charge < -0.3 is 14.2 Å². The first-order chi connectivity index (χ1) is 11.0. The second-order valence-electron chi connectivity index (χ2n) is 4.30. The standard InChI is InChI=1S/C15H12BrF2NO3S/c1-21-14-5-8(3-4-10(14)16)23-19-13-7-11(17)9(6-12(13)18)15(20)22-2/h3-7,19H,1-2H3. The van der Waals surface area contributed by atoms with Gasteiger partial charge in [0.1, 0.15) is 17.4 Å². The molecule has 2 aromatic rings. The monoisotopic (exact) mass is 403 g/mol. The van der Waals surface area contributed by atoms with E-state index in [1.165, 1.54) is 7.11 Å². The molecule has 0 radical (unpaired) electrons. The van der Waals surface area contributed by atoms with E-state index in [1.807, 2.05) is 0 Å². The number of benzene rings is 2. The molecule has 0 spiro atoms. The lowest BCUT2D eigenvalue weighted by Gasteiger charge is -2.10. The third-order valence-corrected chi connectivity index (χ3v) is 4.33. The van der Waals surface area contributed by atoms with Crippen molar-refractivity contribution in [1.82, 2.24) is 0 Å². The van der Waals surface area contributed by atoms with Gasteiger partial charge in [-0.15, -0.1) is 0 Å². The van der Waals surface area contributed by atoms with Gasteiger partial charge in [0.25, 0.3) is 0 Å². The zero-order valence-electron chi connectivity index (χ0n) is 12.2. The Morgan fingerprint density at radius 3 is 2.57 bits per heavy atom. The Labute approximate surface area is 144 Å². The molecule has 0 aliphatic rings. The lowest BCUT2D eigenvalue weighted by molar-refractivity contribution is 0.0595. The van der Waals surface area contributed by atoms with Gasteiger partial charge in [0.2, 0.25) is 0 Å². The Morgan fingerprint density at radius 1 is 1.17 bits per heavy atom. The average Bonchev–Trinajstić information content (AvgIpc) is 2.55. The van der Waals surface area contributed by atoms with Crippen LogP contribution in [0.5, 0.6) is 5.75 Å². The van der Waals surface area contributed by atoms with Crippen molar-refractivity contribution < 1.29 is 23.0 Å². The van der Waals surface area contributed by atoms with E-state index in [0.29, 0.717) is 5.75 Å². The van der Waals surface area contributed by atoms with E-state index in [1.54, 1.807) is 18.2 Å². The number of hydrogen-bond donors (Lipinski definition) is 1. The summed E-state index contributed by atoms with van der Waals surface area (Å²) in [5.74, 6) is -1.94. The number of rotatable bonds is 5. The molecule has 0 aromatic heterocycles. The van der Waals surface area contributed by atoms with Crippen LogP contribution in [-0.4, -0.2) is 20.2 Å². The number of nitrogens with one attached hydrogen (secondary N) is 1. The summed E-state index contributed by atoms with van der Waals surface area (Å²) in [5, 5.41) is 0. The van der Waals surface area contributed by atoms with E-state index in [-0.39, 0.29) is 5.69 Å². The summed E-state index contributed by atoms with van der Waals surface area (Å²) in [7, 11) is 2.63. The first kappa shape index (κ1) is 17.6. The largest absolute Gasteiger partial charge is 0.496 e. The molecule has 2 aromatic carbocycles. The first-order valence-corrected chi connectivity index (χ1v) is 7.91. The highest BCUT2D eigenvalue weighted by molar-refractivity contribution is 9.10. The molecule has 0 saturated heterocycles. The van der Waals surface area contributed by atoms with E-state index in [9.17, 15) is 13.6 Å². The normalized spacial score (nSPS) is 10.3. The van der Waals surface area contributed by atoms with Crippen LogP contribution in [-0.2, 0) is 4.74 Å². The smallest absolute Gasteiger partial charge is 0.340 e. The minimum Gasteiger partial charge on any atom is -0.496 e. The van der Waals surface area contributed by atoms with Crippen molar-refractivity contribution in [2.45, 2.75) is 4.90 Å². The quantitative estimate of drug-likeness (QED) is 0.581. The molecule has 0 unspecified atom stereocenters. The van der Waals surface area contributed by atoms with Crippen molar-refractivity contribution in [3.63, 3.8) is 0 Å². The maximum atomic E-state index is 14.0. The van der Waals surface area contributed by atoms with Crippen LogP contribution in [0, 0.1) is 11.6 Å². The molecule has 1 N–H and O–H groups in total. The van der Waals surface area contributed by atoms with Crippen LogP contribution in [0.2, 0.25) is 0 Å². The van der Waals surface area contributed by atoms with Gasteiger partial charge in [-0.25, -0.2) is 13.6 Å². The van der Waals surface area contributed by atoms with Gasteiger partial charge in [-0.1, -0.05) is 0 Å². The van der Waals surface area contributed by atoms with Crippen molar-refractivity contribution in [3.8, 4) is 5.75 Å². The molecule has 23 heavy (non-hydrogen) atoms. The highest BCUT2D eigenvalue weighted by Crippen LogP contribution is 2.31. The van der Waals surface area contributed by atoms with Crippen LogP contribution in [0.25, 0.3) is 0 Å². The second-order valence-corrected chi connectivity index (χ2v) is 6.04. The fourth-order valence-corrected chi connectivity index (χ4v) is 2.80. The zero-order valence-corrected chi connectivity index (χ0v) is 14.6. The minimum atomic E-state index is -0.932. The zero-order chi connectivity index (χ0) is 17.0. The van der Waals surface area contributed by atoms with Crippen LogP contribution in [0.15, 0.2) is 39.7 Å². The van der Waals surface area contributed by atoms with Crippen molar-refractivity contribution in [3.05, 3.63) is 52.0 Å². The van der Waals surface area contributed by atoms with Gasteiger partial charge in [0.05, 0.1) is 29.9 Å². The number of halogens is 3. The summed E-state index contributed by atoms with van der Waals surface area (Å²) < 4.78 is 40.8. The lowest BCUT2D eigenvalue weighted by Crippen LogP contribution is -2.06. The average molecular weight is 404 g/mol. The Bertz CT molecular complexity index is 743. The maximum absolute atomic E-state index is 14.0. The summed E-state index contributed by atoms with van der Waals surface area (Å²) in [6.07, 6.45) is 0. The first-order valence-electron chi connectivity index (χ1n) is 6.30. The number of esters is 1. The summed E-state index contributed by atoms with van der Waals surface area (Å²) in [4.78, 5) is 12.0. The van der Waals surface area contributed by atoms with Crippen molar-refractivity contribution >= 4 is 39.5 Å². The van der Waals surface area contributed by atoms with Gasteiger partial charge in [-0.05, 0) is 52.1 Å². The number of ether oxygens (including phenoxy) is 2. The Kier molecular flexibility index (Phi) is 5.84. The fourth-order valence-electron chi connectivity index (χ4n) is 1.71. The Balaban J connectivity index is 2.18. The Morgan fingerprint density at radius 2 is 1.91 bits per heavy atom. The SMILES string of the molecule is COC(=O)c1cc(F)c(NSc2ccc(Br)c(OC)c2)cc1F. The van der Waals surface area contributed by atoms with E-state index in [0.717, 1.165) is 40.6 Å². The third-order valence-electron chi connectivity index (χ3n) is 2.86. The van der Waals surface area contributed by atoms with Crippen molar-refractivity contribution in [2.24, 2.45) is 0 Å². The van der Waals surface area contributed by atoms with Crippen molar-refractivity contribution in [1.29, 1.82) is 0 Å². The molecule has 122 valence electrons. The summed E-state index contributed by atoms with van der Waals surface area (Å²) in [6.45, 7) is 0. The molecule has 0 heterocycles. The van der Waals surface area contributed by atoms with Crippen LogP contribution in [0.3, 0.4) is 0 Å². The maximum Gasteiger partial charge on any atom is 0.340 e. The fraction of sp³-hybridized carbons (Fsp3) is 0.133. The highest BCUT2D eigenvalue weighted by atomic mass is 79.9. The molecular formula is C15H12BrF2NO3S. The molecule has 0 atom stereocenters. The third kappa shape index (κ3) is 4.14. The highest BCUT2D eigenvalue weighted by Gasteiger charge is 2.16. The molecule has 0 fully saturated rings. The number of carbonyl (C=O) groups excluding carboxylic acids is 1. The number of methoxy groups -OCH3 is 2. The molecule has 2 rings (SSSR count). The molecule has 0 aliphatic carbocycles. The number of carbonyl (C=O) groups is 1. The molecule has 8 heteroatoms. The van der Waals surface area contributed by atoms with Crippen LogP contribution in [0.4, 0.5) is 14.5 Å². The molecule has 4 nitrogen and oxygen atoms in total. The van der Waals surface area contributed by atoms with Gasteiger partial charge >= 0.3 is 5.97 Å². The van der Waals surface area contributed by atoms with E-state index < -0.39 is 23.2 Å². The van der Waals surface area contributed by atoms with E-state index in [4.69, 9.17) is 4.74 Å². The second kappa shape index (κ2) is 7.65. The molecular weight excluding hydrogens is 392 g/mol. The molecule has 0 saturated carbocycles. The van der Waals surface area contributed by atoms with Gasteiger partial charge in [0, 0.05) is 11.0 Å². The summed E-state index contributed by atoms with van der Waals surface area (Å²) in [5.41, 5.74) is -0.534. The van der Waals surface area contributed by atoms with Crippen molar-refractivity contribution in [2.75, 3.05) is 18.9 Å². The minimum absolute atomic E-state index is 0.0814. The predicted octanol–water partition coefficient (Wildman–Crippen LogP) is 4.64. The van der Waals surface area contributed by atoms with Gasteiger partial charge in [-0.3, -0.25) is 0 Å². The predicted molar refractivity (Wildman–Crippen MR) is 87.9 cm³/mol. The Hall–Kier alpha value is -1.80. The number of hydrogen-bond acceptors (Lipinski definition) is 5. The van der Waals surface area contributed by atoms with Gasteiger partial charge in [-0.2, -0.15) is 0 Å². The number of anilines is 1. The van der Waals surface area contributed by atoms with E-state index >= 15 is 0 Å². The summed E-state index contributed by atoms with van der Waals surface area (Å²) >= 11 is 4.41. The van der Waals surface area contributed by atoms with Gasteiger partial charge in [0.15, 0.2) is 0 Å². The molecule has 0 amide bonds. The van der Waals surface area contributed by atoms with Crippen LogP contribution >= 0.6 is 27.9 Å². The van der Waals surface area contributed by atoms with Crippen LogP contribution < -0.4 is 9.46 Å². The van der Waals surface area contributed by atoms with Crippen LogP contribution in [0.1, 0.15) is 10.4 Å². The molecule has 0 bridgehead atoms. The topological polar surface area (TPSA) is 47.6 Å². The van der Waals surface area contributed by atoms with E-state index in [2.05, 4.69) is 25.4 Å². The molecule has 0 aliphatic heterocycles. The summed E-state index contributed by atoms with van der Waals surface area (Å²) in [6, 6.07) is 7.00.